The second-order valence-electron chi connectivity index (χ2n) is 8.91. The summed E-state index contributed by atoms with van der Waals surface area (Å²) in [5.74, 6) is 1.12. The Morgan fingerprint density at radius 3 is 2.16 bits per heavy atom. The summed E-state index contributed by atoms with van der Waals surface area (Å²) in [5, 5.41) is 0. The number of hydrogen-bond donors (Lipinski definition) is 0. The van der Waals surface area contributed by atoms with Gasteiger partial charge in [0.2, 0.25) is 0 Å². The van der Waals surface area contributed by atoms with Crippen LogP contribution in [0.4, 0.5) is 4.39 Å². The summed E-state index contributed by atoms with van der Waals surface area (Å²) in [6, 6.07) is 22.2. The van der Waals surface area contributed by atoms with E-state index in [1.54, 1.807) is 6.07 Å². The molecule has 166 valence electrons. The monoisotopic (exact) mass is 428 g/mol. The molecule has 1 aliphatic rings. The van der Waals surface area contributed by atoms with Gasteiger partial charge >= 0.3 is 0 Å². The van der Waals surface area contributed by atoms with Crippen LogP contribution in [-0.2, 0) is 11.3 Å². The Morgan fingerprint density at radius 2 is 1.53 bits per heavy atom. The molecule has 0 radical (unpaired) electrons. The van der Waals surface area contributed by atoms with E-state index in [4.69, 9.17) is 4.74 Å². The second-order valence-corrected chi connectivity index (χ2v) is 8.91. The van der Waals surface area contributed by atoms with Crippen LogP contribution in [0, 0.1) is 11.7 Å². The first-order chi connectivity index (χ1) is 15.7. The minimum absolute atomic E-state index is 0.190. The molecule has 0 atom stereocenters. The summed E-state index contributed by atoms with van der Waals surface area (Å²) < 4.78 is 20.6. The number of hydrogen-bond acceptors (Lipinski definition) is 1. The number of rotatable bonds is 8. The van der Waals surface area contributed by atoms with Crippen LogP contribution in [0.2, 0.25) is 0 Å². The number of halogens is 1. The van der Waals surface area contributed by atoms with Gasteiger partial charge in [0, 0.05) is 12.2 Å². The van der Waals surface area contributed by atoms with Gasteiger partial charge in [-0.3, -0.25) is 0 Å². The van der Waals surface area contributed by atoms with Crippen molar-refractivity contribution >= 4 is 0 Å². The molecule has 2 heteroatoms. The SMILES string of the molecule is C=CC1CCC(c2ccc(-c3ccc(-c4ccc(COCCC)cc4)c(F)c3)cc2)CC1. The van der Waals surface area contributed by atoms with E-state index in [-0.39, 0.29) is 5.82 Å². The highest BCUT2D eigenvalue weighted by Crippen LogP contribution is 2.37. The van der Waals surface area contributed by atoms with E-state index in [0.717, 1.165) is 35.3 Å². The maximum Gasteiger partial charge on any atom is 0.131 e. The van der Waals surface area contributed by atoms with Gasteiger partial charge in [-0.25, -0.2) is 4.39 Å². The van der Waals surface area contributed by atoms with Crippen LogP contribution in [-0.4, -0.2) is 6.61 Å². The van der Waals surface area contributed by atoms with Gasteiger partial charge < -0.3 is 4.74 Å². The molecule has 0 amide bonds. The second kappa shape index (κ2) is 10.7. The predicted octanol–water partition coefficient (Wildman–Crippen LogP) is 8.55. The van der Waals surface area contributed by atoms with Crippen molar-refractivity contribution in [1.29, 1.82) is 0 Å². The summed E-state index contributed by atoms with van der Waals surface area (Å²) in [4.78, 5) is 0. The van der Waals surface area contributed by atoms with Crippen LogP contribution in [0.3, 0.4) is 0 Å². The van der Waals surface area contributed by atoms with Crippen molar-refractivity contribution in [1.82, 2.24) is 0 Å². The van der Waals surface area contributed by atoms with Gasteiger partial charge in [-0.1, -0.05) is 73.7 Å². The summed E-state index contributed by atoms with van der Waals surface area (Å²) >= 11 is 0. The van der Waals surface area contributed by atoms with Crippen LogP contribution in [0.25, 0.3) is 22.3 Å². The third kappa shape index (κ3) is 5.37. The highest BCUT2D eigenvalue weighted by Gasteiger charge is 2.20. The summed E-state index contributed by atoms with van der Waals surface area (Å²) in [6.45, 7) is 7.40. The van der Waals surface area contributed by atoms with Crippen molar-refractivity contribution in [3.05, 3.63) is 96.3 Å². The molecule has 1 nitrogen and oxygen atoms in total. The van der Waals surface area contributed by atoms with Crippen molar-refractivity contribution in [3.63, 3.8) is 0 Å². The number of allylic oxidation sites excluding steroid dienone is 1. The maximum atomic E-state index is 15.0. The molecule has 0 heterocycles. The molecule has 3 aromatic carbocycles. The first kappa shape index (κ1) is 22.5. The summed E-state index contributed by atoms with van der Waals surface area (Å²) in [5.41, 5.74) is 6.00. The van der Waals surface area contributed by atoms with Gasteiger partial charge in [0.15, 0.2) is 0 Å². The Morgan fingerprint density at radius 1 is 0.875 bits per heavy atom. The maximum absolute atomic E-state index is 15.0. The van der Waals surface area contributed by atoms with E-state index in [2.05, 4.69) is 43.8 Å². The molecule has 4 rings (SSSR count). The lowest BCUT2D eigenvalue weighted by atomic mass is 9.78. The first-order valence-corrected chi connectivity index (χ1v) is 11.9. The minimum Gasteiger partial charge on any atom is -0.377 e. The minimum atomic E-state index is -0.190. The molecule has 1 fully saturated rings. The Balaban J connectivity index is 1.44. The van der Waals surface area contributed by atoms with Gasteiger partial charge in [0.25, 0.3) is 0 Å². The molecule has 0 aliphatic heterocycles. The standard InChI is InChI=1S/C30H33FO/c1-3-19-32-21-23-7-11-27(12-8-23)29-18-17-28(20-30(29)31)26-15-13-25(14-16-26)24-9-5-22(4-2)6-10-24/h4,7-8,11-18,20,22,24H,2-3,5-6,9-10,19,21H2,1H3. The van der Waals surface area contributed by atoms with Crippen molar-refractivity contribution in [2.45, 2.75) is 51.6 Å². The van der Waals surface area contributed by atoms with Crippen LogP contribution in [0.1, 0.15) is 56.1 Å². The zero-order chi connectivity index (χ0) is 22.3. The highest BCUT2D eigenvalue weighted by atomic mass is 19.1. The zero-order valence-corrected chi connectivity index (χ0v) is 19.0. The van der Waals surface area contributed by atoms with Crippen molar-refractivity contribution in [3.8, 4) is 22.3 Å². The van der Waals surface area contributed by atoms with Crippen molar-refractivity contribution < 1.29 is 9.13 Å². The van der Waals surface area contributed by atoms with Gasteiger partial charge in [-0.15, -0.1) is 6.58 Å². The fraction of sp³-hybridized carbons (Fsp3) is 0.333. The van der Waals surface area contributed by atoms with E-state index in [0.29, 0.717) is 24.0 Å². The lowest BCUT2D eigenvalue weighted by Crippen LogP contribution is -2.11. The molecule has 0 aromatic heterocycles. The zero-order valence-electron chi connectivity index (χ0n) is 19.0. The smallest absolute Gasteiger partial charge is 0.131 e. The van der Waals surface area contributed by atoms with Crippen LogP contribution < -0.4 is 0 Å². The Hall–Kier alpha value is -2.71. The third-order valence-electron chi connectivity index (χ3n) is 6.67. The normalized spacial score (nSPS) is 18.4. The van der Waals surface area contributed by atoms with Crippen LogP contribution >= 0.6 is 0 Å². The Labute approximate surface area is 192 Å². The van der Waals surface area contributed by atoms with Gasteiger partial charge in [0.05, 0.1) is 6.61 Å². The van der Waals surface area contributed by atoms with Crippen LogP contribution in [0.15, 0.2) is 79.4 Å². The first-order valence-electron chi connectivity index (χ1n) is 11.9. The largest absolute Gasteiger partial charge is 0.377 e. The van der Waals surface area contributed by atoms with Crippen LogP contribution in [0.5, 0.6) is 0 Å². The van der Waals surface area contributed by atoms with Crippen molar-refractivity contribution in [2.75, 3.05) is 6.61 Å². The lowest BCUT2D eigenvalue weighted by molar-refractivity contribution is 0.121. The Bertz CT molecular complexity index is 1010. The van der Waals surface area contributed by atoms with E-state index >= 15 is 0 Å². The van der Waals surface area contributed by atoms with Gasteiger partial charge in [0.1, 0.15) is 5.82 Å². The quantitative estimate of drug-likeness (QED) is 0.258. The fourth-order valence-corrected chi connectivity index (χ4v) is 4.68. The molecule has 0 spiro atoms. The predicted molar refractivity (Wildman–Crippen MR) is 132 cm³/mol. The molecule has 1 aliphatic carbocycles. The lowest BCUT2D eigenvalue weighted by Gasteiger charge is -2.27. The van der Waals surface area contributed by atoms with E-state index in [1.165, 1.54) is 31.2 Å². The molecule has 1 saturated carbocycles. The molecule has 3 aromatic rings. The topological polar surface area (TPSA) is 9.23 Å². The number of ether oxygens (including phenoxy) is 1. The molecular formula is C30H33FO. The van der Waals surface area contributed by atoms with Gasteiger partial charge in [-0.2, -0.15) is 0 Å². The molecular weight excluding hydrogens is 395 g/mol. The van der Waals surface area contributed by atoms with E-state index in [9.17, 15) is 4.39 Å². The average Bonchev–Trinajstić information content (AvgIpc) is 2.85. The highest BCUT2D eigenvalue weighted by molar-refractivity contribution is 5.71. The van der Waals surface area contributed by atoms with Crippen molar-refractivity contribution in [2.24, 2.45) is 5.92 Å². The summed E-state index contributed by atoms with van der Waals surface area (Å²) in [6.07, 6.45) is 8.03. The molecule has 0 saturated heterocycles. The van der Waals surface area contributed by atoms with Gasteiger partial charge in [-0.05, 0) is 77.8 Å². The van der Waals surface area contributed by atoms with E-state index in [1.807, 2.05) is 36.4 Å². The average molecular weight is 429 g/mol. The summed E-state index contributed by atoms with van der Waals surface area (Å²) in [7, 11) is 0. The number of benzene rings is 3. The molecule has 32 heavy (non-hydrogen) atoms. The van der Waals surface area contributed by atoms with E-state index < -0.39 is 0 Å². The Kier molecular flexibility index (Phi) is 7.55. The molecule has 0 bridgehead atoms. The molecule has 0 N–H and O–H groups in total. The fourth-order valence-electron chi connectivity index (χ4n) is 4.68. The molecule has 0 unspecified atom stereocenters. The third-order valence-corrected chi connectivity index (χ3v) is 6.67.